The van der Waals surface area contributed by atoms with E-state index in [1.807, 2.05) is 24.3 Å². The van der Waals surface area contributed by atoms with E-state index in [0.29, 0.717) is 6.42 Å². The molecule has 0 bridgehead atoms. The van der Waals surface area contributed by atoms with E-state index in [1.54, 1.807) is 6.92 Å². The van der Waals surface area contributed by atoms with Crippen molar-refractivity contribution in [3.8, 4) is 0 Å². The highest BCUT2D eigenvalue weighted by atomic mass is 35.5. The summed E-state index contributed by atoms with van der Waals surface area (Å²) in [5.41, 5.74) is 1.16. The molecule has 17 heavy (non-hydrogen) atoms. The summed E-state index contributed by atoms with van der Waals surface area (Å²) in [7, 11) is 0. The molecule has 0 aliphatic heterocycles. The van der Waals surface area contributed by atoms with Gasteiger partial charge in [0.15, 0.2) is 0 Å². The lowest BCUT2D eigenvalue weighted by atomic mass is 10.00. The zero-order valence-corrected chi connectivity index (χ0v) is 11.5. The van der Waals surface area contributed by atoms with Crippen LogP contribution in [0.3, 0.4) is 0 Å². The van der Waals surface area contributed by atoms with Gasteiger partial charge >= 0.3 is 0 Å². The third kappa shape index (κ3) is 4.14. The molecule has 0 spiro atoms. The van der Waals surface area contributed by atoms with Crippen molar-refractivity contribution in [3.05, 3.63) is 34.9 Å². The van der Waals surface area contributed by atoms with Crippen molar-refractivity contribution in [1.29, 1.82) is 0 Å². The van der Waals surface area contributed by atoms with Crippen molar-refractivity contribution in [3.63, 3.8) is 0 Å². The summed E-state index contributed by atoms with van der Waals surface area (Å²) in [5, 5.41) is 0.731. The Balaban J connectivity index is 2.96. The fourth-order valence-electron chi connectivity index (χ4n) is 2.08. The van der Waals surface area contributed by atoms with Crippen molar-refractivity contribution in [2.45, 2.75) is 33.2 Å². The quantitative estimate of drug-likeness (QED) is 0.771. The number of hydrogen-bond acceptors (Lipinski definition) is 2. The molecule has 1 aromatic rings. The van der Waals surface area contributed by atoms with Crippen molar-refractivity contribution >= 4 is 17.4 Å². The predicted octanol–water partition coefficient (Wildman–Crippen LogP) is 3.70. The molecule has 2 nitrogen and oxygen atoms in total. The Morgan fingerprint density at radius 2 is 1.76 bits per heavy atom. The zero-order chi connectivity index (χ0) is 12.8. The number of benzene rings is 1. The molecule has 0 fully saturated rings. The molecule has 0 heterocycles. The van der Waals surface area contributed by atoms with Crippen molar-refractivity contribution in [2.75, 3.05) is 13.1 Å². The lowest BCUT2D eigenvalue weighted by molar-refractivity contribution is -0.118. The second-order valence-electron chi connectivity index (χ2n) is 4.19. The van der Waals surface area contributed by atoms with E-state index in [4.69, 9.17) is 11.6 Å². The maximum absolute atomic E-state index is 11.4. The third-order valence-corrected chi connectivity index (χ3v) is 3.24. The molecule has 0 saturated heterocycles. The van der Waals surface area contributed by atoms with Gasteiger partial charge in [0, 0.05) is 17.5 Å². The van der Waals surface area contributed by atoms with Gasteiger partial charge in [-0.2, -0.15) is 0 Å². The highest BCUT2D eigenvalue weighted by Crippen LogP contribution is 2.25. The van der Waals surface area contributed by atoms with E-state index in [0.717, 1.165) is 23.7 Å². The molecule has 0 aromatic heterocycles. The number of nitrogens with zero attached hydrogens (tertiary/aromatic N) is 1. The molecule has 0 saturated carbocycles. The minimum absolute atomic E-state index is 0.166. The number of rotatable bonds is 6. The highest BCUT2D eigenvalue weighted by Gasteiger charge is 2.19. The van der Waals surface area contributed by atoms with Crippen LogP contribution < -0.4 is 0 Å². The molecule has 0 aliphatic rings. The Morgan fingerprint density at radius 1 is 1.24 bits per heavy atom. The molecule has 0 aliphatic carbocycles. The first-order valence-corrected chi connectivity index (χ1v) is 6.45. The van der Waals surface area contributed by atoms with E-state index < -0.39 is 0 Å². The lowest BCUT2D eigenvalue weighted by Crippen LogP contribution is -2.29. The first-order valence-electron chi connectivity index (χ1n) is 6.07. The zero-order valence-electron chi connectivity index (χ0n) is 10.7. The normalized spacial score (nSPS) is 12.8. The number of hydrogen-bond donors (Lipinski definition) is 0. The first-order chi connectivity index (χ1) is 8.08. The van der Waals surface area contributed by atoms with Crippen LogP contribution in [0, 0.1) is 0 Å². The van der Waals surface area contributed by atoms with Gasteiger partial charge in [-0.25, -0.2) is 0 Å². The second-order valence-corrected chi connectivity index (χ2v) is 4.63. The van der Waals surface area contributed by atoms with Crippen LogP contribution >= 0.6 is 11.6 Å². The maximum Gasteiger partial charge on any atom is 0.131 e. The fraction of sp³-hybridized carbons (Fsp3) is 0.500. The molecule has 1 atom stereocenters. The summed E-state index contributed by atoms with van der Waals surface area (Å²) in [6.45, 7) is 7.76. The van der Waals surface area contributed by atoms with E-state index in [2.05, 4.69) is 18.7 Å². The van der Waals surface area contributed by atoms with Crippen LogP contribution in [0.1, 0.15) is 38.8 Å². The summed E-state index contributed by atoms with van der Waals surface area (Å²) in [5.74, 6) is 0.219. The van der Waals surface area contributed by atoms with Crippen LogP contribution in [-0.2, 0) is 4.79 Å². The predicted molar refractivity (Wildman–Crippen MR) is 72.4 cm³/mol. The number of carbonyl (C=O) groups is 1. The van der Waals surface area contributed by atoms with Gasteiger partial charge in [0.05, 0.1) is 0 Å². The molecular formula is C14H20ClNO. The summed E-state index contributed by atoms with van der Waals surface area (Å²) >= 11 is 5.89. The summed E-state index contributed by atoms with van der Waals surface area (Å²) in [4.78, 5) is 13.7. The molecule has 94 valence electrons. The van der Waals surface area contributed by atoms with Crippen molar-refractivity contribution in [2.24, 2.45) is 0 Å². The minimum Gasteiger partial charge on any atom is -0.300 e. The Bertz CT molecular complexity index is 357. The van der Waals surface area contributed by atoms with Crippen LogP contribution in [0.25, 0.3) is 0 Å². The molecule has 0 N–H and O–H groups in total. The Morgan fingerprint density at radius 3 is 2.18 bits per heavy atom. The number of carbonyl (C=O) groups excluding carboxylic acids is 1. The number of ketones is 1. The summed E-state index contributed by atoms with van der Waals surface area (Å²) < 4.78 is 0. The summed E-state index contributed by atoms with van der Waals surface area (Å²) in [6.07, 6.45) is 0.559. The average molecular weight is 254 g/mol. The van der Waals surface area contributed by atoms with Crippen LogP contribution in [-0.4, -0.2) is 23.8 Å². The second kappa shape index (κ2) is 6.77. The van der Waals surface area contributed by atoms with Crippen LogP contribution in [0.5, 0.6) is 0 Å². The van der Waals surface area contributed by atoms with Crippen molar-refractivity contribution in [1.82, 2.24) is 4.90 Å². The average Bonchev–Trinajstić information content (AvgIpc) is 2.30. The van der Waals surface area contributed by atoms with Crippen LogP contribution in [0.2, 0.25) is 5.02 Å². The van der Waals surface area contributed by atoms with Gasteiger partial charge in [0.25, 0.3) is 0 Å². The van der Waals surface area contributed by atoms with E-state index in [1.165, 1.54) is 0 Å². The first kappa shape index (κ1) is 14.2. The molecular weight excluding hydrogens is 234 g/mol. The molecule has 0 amide bonds. The van der Waals surface area contributed by atoms with E-state index in [-0.39, 0.29) is 11.8 Å². The van der Waals surface area contributed by atoms with Gasteiger partial charge in [-0.1, -0.05) is 37.6 Å². The van der Waals surface area contributed by atoms with Crippen LogP contribution in [0.4, 0.5) is 0 Å². The highest BCUT2D eigenvalue weighted by molar-refractivity contribution is 6.30. The molecule has 1 unspecified atom stereocenters. The fourth-order valence-corrected chi connectivity index (χ4v) is 2.21. The summed E-state index contributed by atoms with van der Waals surface area (Å²) in [6, 6.07) is 7.95. The van der Waals surface area contributed by atoms with E-state index >= 15 is 0 Å². The number of halogens is 1. The molecule has 3 heteroatoms. The van der Waals surface area contributed by atoms with Gasteiger partial charge < -0.3 is 0 Å². The van der Waals surface area contributed by atoms with Gasteiger partial charge in [-0.3, -0.25) is 9.69 Å². The smallest absolute Gasteiger partial charge is 0.131 e. The monoisotopic (exact) mass is 253 g/mol. The molecule has 0 radical (unpaired) electrons. The Hall–Kier alpha value is -0.860. The topological polar surface area (TPSA) is 20.3 Å². The van der Waals surface area contributed by atoms with Gasteiger partial charge in [0.1, 0.15) is 5.78 Å². The van der Waals surface area contributed by atoms with Crippen LogP contribution in [0.15, 0.2) is 24.3 Å². The van der Waals surface area contributed by atoms with Gasteiger partial charge in [0.2, 0.25) is 0 Å². The Kier molecular flexibility index (Phi) is 5.66. The SMILES string of the molecule is CCN(CC)C(CC(C)=O)c1ccc(Cl)cc1. The third-order valence-electron chi connectivity index (χ3n) is 2.99. The standard InChI is InChI=1S/C14H20ClNO/c1-4-16(5-2)14(10-11(3)17)12-6-8-13(15)9-7-12/h6-9,14H,4-5,10H2,1-3H3. The molecule has 1 rings (SSSR count). The largest absolute Gasteiger partial charge is 0.300 e. The number of Topliss-reactive ketones (excluding diaryl/α,β-unsaturated/α-hetero) is 1. The minimum atomic E-state index is 0.166. The lowest BCUT2D eigenvalue weighted by Gasteiger charge is -2.29. The Labute approximate surface area is 109 Å². The van der Waals surface area contributed by atoms with Gasteiger partial charge in [-0.05, 0) is 37.7 Å². The van der Waals surface area contributed by atoms with E-state index in [9.17, 15) is 4.79 Å². The maximum atomic E-state index is 11.4. The van der Waals surface area contributed by atoms with Gasteiger partial charge in [-0.15, -0.1) is 0 Å². The van der Waals surface area contributed by atoms with Crippen molar-refractivity contribution < 1.29 is 4.79 Å². The molecule has 1 aromatic carbocycles.